The van der Waals surface area contributed by atoms with Crippen LogP contribution < -0.4 is 0 Å². The van der Waals surface area contributed by atoms with Crippen molar-refractivity contribution in [2.24, 2.45) is 0 Å². The van der Waals surface area contributed by atoms with Crippen LogP contribution in [0.4, 0.5) is 0 Å². The molecule has 0 aliphatic rings. The van der Waals surface area contributed by atoms with Crippen molar-refractivity contribution in [1.82, 2.24) is 0 Å². The van der Waals surface area contributed by atoms with Crippen molar-refractivity contribution in [2.45, 2.75) is 13.3 Å². The van der Waals surface area contributed by atoms with Crippen LogP contribution in [0.1, 0.15) is 18.9 Å². The largest absolute Gasteiger partial charge is 0.0982 e. The summed E-state index contributed by atoms with van der Waals surface area (Å²) in [6, 6.07) is 14.7. The Bertz CT molecular complexity index is 498. The van der Waals surface area contributed by atoms with Gasteiger partial charge in [0.1, 0.15) is 0 Å². The predicted molar refractivity (Wildman–Crippen MR) is 61.1 cm³/mol. The van der Waals surface area contributed by atoms with E-state index in [1.807, 2.05) is 0 Å². The molecule has 14 heavy (non-hydrogen) atoms. The van der Waals surface area contributed by atoms with Crippen molar-refractivity contribution in [1.29, 1.82) is 0 Å². The molecule has 0 spiro atoms. The van der Waals surface area contributed by atoms with Crippen LogP contribution in [-0.2, 0) is 0 Å². The molecule has 0 atom stereocenters. The fraction of sp³-hybridized carbons (Fsp3) is 0.143. The lowest BCUT2D eigenvalue weighted by atomic mass is 10.1. The molecule has 0 saturated carbocycles. The second kappa shape index (κ2) is 3.98. The standard InChI is InChI=1S/C14H12/c1-2-3-6-12-9-10-13-7-4-5-8-14(13)11-12/h4-5,7-11H,2H2,1H3. The number of benzene rings is 2. The minimum absolute atomic E-state index is 0.910. The highest BCUT2D eigenvalue weighted by molar-refractivity contribution is 5.83. The number of rotatable bonds is 0. The van der Waals surface area contributed by atoms with E-state index >= 15 is 0 Å². The lowest BCUT2D eigenvalue weighted by Gasteiger charge is -1.96. The van der Waals surface area contributed by atoms with Gasteiger partial charge >= 0.3 is 0 Å². The van der Waals surface area contributed by atoms with Crippen LogP contribution in [0.2, 0.25) is 0 Å². The number of hydrogen-bond donors (Lipinski definition) is 0. The quantitative estimate of drug-likeness (QED) is 0.543. The molecule has 0 heterocycles. The van der Waals surface area contributed by atoms with Crippen LogP contribution in [-0.4, -0.2) is 0 Å². The zero-order valence-electron chi connectivity index (χ0n) is 8.25. The maximum absolute atomic E-state index is 3.14. The summed E-state index contributed by atoms with van der Waals surface area (Å²) in [5.41, 5.74) is 1.10. The topological polar surface area (TPSA) is 0 Å². The summed E-state index contributed by atoms with van der Waals surface area (Å²) in [4.78, 5) is 0. The summed E-state index contributed by atoms with van der Waals surface area (Å²) < 4.78 is 0. The van der Waals surface area contributed by atoms with Crippen molar-refractivity contribution in [3.63, 3.8) is 0 Å². The Kier molecular flexibility index (Phi) is 2.51. The first-order chi connectivity index (χ1) is 6.90. The zero-order chi connectivity index (χ0) is 9.80. The van der Waals surface area contributed by atoms with E-state index in [0.29, 0.717) is 0 Å². The lowest BCUT2D eigenvalue weighted by molar-refractivity contribution is 1.28. The van der Waals surface area contributed by atoms with E-state index in [1.54, 1.807) is 0 Å². The van der Waals surface area contributed by atoms with Gasteiger partial charge in [-0.15, -0.1) is 0 Å². The van der Waals surface area contributed by atoms with Gasteiger partial charge < -0.3 is 0 Å². The molecule has 0 saturated heterocycles. The molecule has 0 aromatic heterocycles. The Morgan fingerprint density at radius 2 is 1.79 bits per heavy atom. The minimum atomic E-state index is 0.910. The SMILES string of the molecule is CCC#Cc1ccc2ccccc2c1. The molecular formula is C14H12. The van der Waals surface area contributed by atoms with Gasteiger partial charge in [-0.25, -0.2) is 0 Å². The first-order valence-electron chi connectivity index (χ1n) is 4.88. The molecule has 0 amide bonds. The van der Waals surface area contributed by atoms with Gasteiger partial charge in [-0.05, 0) is 22.9 Å². The van der Waals surface area contributed by atoms with E-state index in [4.69, 9.17) is 0 Å². The van der Waals surface area contributed by atoms with Gasteiger partial charge in [0, 0.05) is 12.0 Å². The maximum atomic E-state index is 3.14. The molecule has 0 aliphatic carbocycles. The van der Waals surface area contributed by atoms with Gasteiger partial charge in [0.2, 0.25) is 0 Å². The molecule has 2 rings (SSSR count). The van der Waals surface area contributed by atoms with Crippen molar-refractivity contribution in [3.05, 3.63) is 48.0 Å². The number of hydrogen-bond acceptors (Lipinski definition) is 0. The van der Waals surface area contributed by atoms with Crippen LogP contribution in [0.15, 0.2) is 42.5 Å². The second-order valence-corrected chi connectivity index (χ2v) is 3.22. The minimum Gasteiger partial charge on any atom is -0.0982 e. The average molecular weight is 180 g/mol. The Balaban J connectivity index is 2.51. The first-order valence-corrected chi connectivity index (χ1v) is 4.88. The molecule has 0 nitrogen and oxygen atoms in total. The van der Waals surface area contributed by atoms with Crippen molar-refractivity contribution < 1.29 is 0 Å². The maximum Gasteiger partial charge on any atom is 0.0251 e. The van der Waals surface area contributed by atoms with Crippen LogP contribution in [0.25, 0.3) is 10.8 Å². The van der Waals surface area contributed by atoms with E-state index in [2.05, 4.69) is 61.2 Å². The van der Waals surface area contributed by atoms with Crippen LogP contribution in [0, 0.1) is 11.8 Å². The van der Waals surface area contributed by atoms with Gasteiger partial charge in [-0.1, -0.05) is 49.1 Å². The van der Waals surface area contributed by atoms with Crippen LogP contribution >= 0.6 is 0 Å². The van der Waals surface area contributed by atoms with Crippen LogP contribution in [0.3, 0.4) is 0 Å². The molecule has 0 heteroatoms. The van der Waals surface area contributed by atoms with Crippen molar-refractivity contribution in [3.8, 4) is 11.8 Å². The van der Waals surface area contributed by atoms with E-state index in [1.165, 1.54) is 10.8 Å². The summed E-state index contributed by atoms with van der Waals surface area (Å²) in [6.45, 7) is 2.06. The molecule has 2 aromatic carbocycles. The Labute approximate surface area is 84.6 Å². The zero-order valence-corrected chi connectivity index (χ0v) is 8.25. The van der Waals surface area contributed by atoms with E-state index in [0.717, 1.165) is 12.0 Å². The van der Waals surface area contributed by atoms with Gasteiger partial charge in [-0.3, -0.25) is 0 Å². The van der Waals surface area contributed by atoms with E-state index < -0.39 is 0 Å². The molecule has 0 aliphatic heterocycles. The normalized spacial score (nSPS) is 9.50. The molecule has 2 aromatic rings. The summed E-state index contributed by atoms with van der Waals surface area (Å²) >= 11 is 0. The summed E-state index contributed by atoms with van der Waals surface area (Å²) in [5, 5.41) is 2.53. The molecule has 0 unspecified atom stereocenters. The van der Waals surface area contributed by atoms with Crippen molar-refractivity contribution in [2.75, 3.05) is 0 Å². The van der Waals surface area contributed by atoms with Crippen molar-refractivity contribution >= 4 is 10.8 Å². The Morgan fingerprint density at radius 1 is 1.00 bits per heavy atom. The highest BCUT2D eigenvalue weighted by Crippen LogP contribution is 2.14. The first kappa shape index (κ1) is 8.84. The Morgan fingerprint density at radius 3 is 2.57 bits per heavy atom. The van der Waals surface area contributed by atoms with Gasteiger partial charge in [0.05, 0.1) is 0 Å². The molecule has 0 bridgehead atoms. The van der Waals surface area contributed by atoms with Crippen LogP contribution in [0.5, 0.6) is 0 Å². The van der Waals surface area contributed by atoms with E-state index in [-0.39, 0.29) is 0 Å². The second-order valence-electron chi connectivity index (χ2n) is 3.22. The highest BCUT2D eigenvalue weighted by atomic mass is 14.0. The third-order valence-corrected chi connectivity index (χ3v) is 2.16. The third-order valence-electron chi connectivity index (χ3n) is 2.16. The smallest absolute Gasteiger partial charge is 0.0251 e. The fourth-order valence-electron chi connectivity index (χ4n) is 1.46. The van der Waals surface area contributed by atoms with E-state index in [9.17, 15) is 0 Å². The fourth-order valence-corrected chi connectivity index (χ4v) is 1.46. The van der Waals surface area contributed by atoms with Gasteiger partial charge in [0.15, 0.2) is 0 Å². The predicted octanol–water partition coefficient (Wildman–Crippen LogP) is 3.60. The van der Waals surface area contributed by atoms with Gasteiger partial charge in [0.25, 0.3) is 0 Å². The molecular weight excluding hydrogens is 168 g/mol. The average Bonchev–Trinajstić information content (AvgIpc) is 2.26. The molecule has 0 radical (unpaired) electrons. The molecule has 0 fully saturated rings. The Hall–Kier alpha value is -1.74. The lowest BCUT2D eigenvalue weighted by Crippen LogP contribution is -1.75. The monoisotopic (exact) mass is 180 g/mol. The molecule has 0 N–H and O–H groups in total. The summed E-state index contributed by atoms with van der Waals surface area (Å²) in [5.74, 6) is 6.22. The number of fused-ring (bicyclic) bond motifs is 1. The summed E-state index contributed by atoms with van der Waals surface area (Å²) in [7, 11) is 0. The molecule has 68 valence electrons. The summed E-state index contributed by atoms with van der Waals surface area (Å²) in [6.07, 6.45) is 0.910. The van der Waals surface area contributed by atoms with Gasteiger partial charge in [-0.2, -0.15) is 0 Å². The third kappa shape index (κ3) is 1.78. The highest BCUT2D eigenvalue weighted by Gasteiger charge is 1.91.